The van der Waals surface area contributed by atoms with Crippen LogP contribution in [0.4, 0.5) is 4.39 Å². The lowest BCUT2D eigenvalue weighted by Crippen LogP contribution is -1.89. The van der Waals surface area contributed by atoms with Crippen molar-refractivity contribution in [2.24, 2.45) is 0 Å². The summed E-state index contributed by atoms with van der Waals surface area (Å²) in [6, 6.07) is 4.37. The molecule has 18 heavy (non-hydrogen) atoms. The summed E-state index contributed by atoms with van der Waals surface area (Å²) < 4.78 is 18.5. The van der Waals surface area contributed by atoms with Gasteiger partial charge in [-0.1, -0.05) is 0 Å². The van der Waals surface area contributed by atoms with Crippen LogP contribution in [0.5, 0.6) is 5.75 Å². The molecule has 0 unspecified atom stereocenters. The van der Waals surface area contributed by atoms with Gasteiger partial charge in [-0.2, -0.15) is 0 Å². The molecule has 2 aromatic rings. The van der Waals surface area contributed by atoms with E-state index in [1.807, 2.05) is 6.92 Å². The van der Waals surface area contributed by atoms with Crippen molar-refractivity contribution in [3.05, 3.63) is 34.6 Å². The molecule has 0 bridgehead atoms. The van der Waals surface area contributed by atoms with E-state index in [9.17, 15) is 4.39 Å². The van der Waals surface area contributed by atoms with Gasteiger partial charge in [-0.25, -0.2) is 9.37 Å². The molecule has 0 atom stereocenters. The highest BCUT2D eigenvalue weighted by molar-refractivity contribution is 7.15. The van der Waals surface area contributed by atoms with Crippen molar-refractivity contribution in [3.63, 3.8) is 0 Å². The minimum Gasteiger partial charge on any atom is -0.496 e. The number of thiazole rings is 1. The van der Waals surface area contributed by atoms with Gasteiger partial charge in [0.2, 0.25) is 0 Å². The number of aliphatic hydroxyl groups is 1. The van der Waals surface area contributed by atoms with Gasteiger partial charge in [0.15, 0.2) is 0 Å². The highest BCUT2D eigenvalue weighted by Crippen LogP contribution is 2.35. The van der Waals surface area contributed by atoms with Gasteiger partial charge in [0.25, 0.3) is 0 Å². The van der Waals surface area contributed by atoms with Gasteiger partial charge < -0.3 is 9.84 Å². The second-order valence-electron chi connectivity index (χ2n) is 3.85. The minimum absolute atomic E-state index is 0.0861. The van der Waals surface area contributed by atoms with E-state index in [1.54, 1.807) is 13.2 Å². The number of halogens is 1. The maximum absolute atomic E-state index is 13.3. The van der Waals surface area contributed by atoms with Crippen LogP contribution in [-0.4, -0.2) is 23.8 Å². The van der Waals surface area contributed by atoms with E-state index in [0.717, 1.165) is 10.6 Å². The molecule has 96 valence electrons. The Morgan fingerprint density at radius 1 is 1.44 bits per heavy atom. The highest BCUT2D eigenvalue weighted by Gasteiger charge is 2.13. The Morgan fingerprint density at radius 2 is 2.22 bits per heavy atom. The van der Waals surface area contributed by atoms with Gasteiger partial charge in [-0.3, -0.25) is 0 Å². The molecule has 0 aliphatic rings. The number of hydrogen-bond acceptors (Lipinski definition) is 4. The van der Waals surface area contributed by atoms with Crippen LogP contribution >= 0.6 is 11.3 Å². The average Bonchev–Trinajstić information content (AvgIpc) is 2.71. The van der Waals surface area contributed by atoms with Crippen LogP contribution in [0.25, 0.3) is 10.6 Å². The van der Waals surface area contributed by atoms with Crippen molar-refractivity contribution in [3.8, 4) is 16.3 Å². The first-order valence-electron chi connectivity index (χ1n) is 5.56. The molecule has 0 saturated heterocycles. The first-order valence-corrected chi connectivity index (χ1v) is 6.38. The predicted molar refractivity (Wildman–Crippen MR) is 69.6 cm³/mol. The van der Waals surface area contributed by atoms with Crippen LogP contribution < -0.4 is 4.74 Å². The molecular formula is C13H14FNO2S. The first kappa shape index (κ1) is 13.0. The van der Waals surface area contributed by atoms with Gasteiger partial charge in [0.05, 0.1) is 18.4 Å². The summed E-state index contributed by atoms with van der Waals surface area (Å²) in [5.41, 5.74) is 1.52. The number of methoxy groups -OCH3 is 1. The molecule has 5 heteroatoms. The largest absolute Gasteiger partial charge is 0.496 e. The van der Waals surface area contributed by atoms with Crippen molar-refractivity contribution in [1.29, 1.82) is 0 Å². The van der Waals surface area contributed by atoms with Crippen molar-refractivity contribution in [2.45, 2.75) is 13.3 Å². The van der Waals surface area contributed by atoms with Gasteiger partial charge in [0, 0.05) is 17.9 Å². The Labute approximate surface area is 109 Å². The third-order valence-electron chi connectivity index (χ3n) is 2.62. The zero-order valence-electron chi connectivity index (χ0n) is 10.2. The molecule has 1 aromatic heterocycles. The topological polar surface area (TPSA) is 42.4 Å². The number of ether oxygens (including phenoxy) is 1. The van der Waals surface area contributed by atoms with E-state index >= 15 is 0 Å². The summed E-state index contributed by atoms with van der Waals surface area (Å²) in [6.07, 6.45) is 0.571. The summed E-state index contributed by atoms with van der Waals surface area (Å²) in [5.74, 6) is 0.281. The van der Waals surface area contributed by atoms with E-state index < -0.39 is 0 Å². The standard InChI is InChI=1S/C13H14FNO2S/c1-8-12(5-6-16)18-13(15-8)10-7-9(14)3-4-11(10)17-2/h3-4,7,16H,5-6H2,1-2H3. The highest BCUT2D eigenvalue weighted by atomic mass is 32.1. The Kier molecular flexibility index (Phi) is 3.93. The molecular weight excluding hydrogens is 253 g/mol. The Balaban J connectivity index is 2.47. The smallest absolute Gasteiger partial charge is 0.129 e. The molecule has 1 aromatic carbocycles. The van der Waals surface area contributed by atoms with Crippen molar-refractivity contribution in [2.75, 3.05) is 13.7 Å². The monoisotopic (exact) mass is 267 g/mol. The molecule has 1 N–H and O–H groups in total. The zero-order valence-corrected chi connectivity index (χ0v) is 11.1. The molecule has 2 rings (SSSR count). The summed E-state index contributed by atoms with van der Waals surface area (Å²) in [4.78, 5) is 5.42. The van der Waals surface area contributed by atoms with E-state index in [-0.39, 0.29) is 12.4 Å². The van der Waals surface area contributed by atoms with Crippen LogP contribution in [0.2, 0.25) is 0 Å². The third-order valence-corrected chi connectivity index (χ3v) is 3.87. The maximum Gasteiger partial charge on any atom is 0.129 e. The van der Waals surface area contributed by atoms with Crippen molar-refractivity contribution < 1.29 is 14.2 Å². The van der Waals surface area contributed by atoms with Gasteiger partial charge in [-0.05, 0) is 25.1 Å². The molecule has 0 aliphatic heterocycles. The van der Waals surface area contributed by atoms with Gasteiger partial charge in [0.1, 0.15) is 16.6 Å². The normalized spacial score (nSPS) is 10.7. The number of aromatic nitrogens is 1. The van der Waals surface area contributed by atoms with Crippen LogP contribution in [0.15, 0.2) is 18.2 Å². The van der Waals surface area contributed by atoms with Crippen molar-refractivity contribution >= 4 is 11.3 Å². The number of nitrogens with zero attached hydrogens (tertiary/aromatic N) is 1. The average molecular weight is 267 g/mol. The van der Waals surface area contributed by atoms with Gasteiger partial charge in [-0.15, -0.1) is 11.3 Å². The summed E-state index contributed by atoms with van der Waals surface area (Å²) in [7, 11) is 1.55. The first-order chi connectivity index (χ1) is 8.65. The van der Waals surface area contributed by atoms with Crippen LogP contribution in [0.1, 0.15) is 10.6 Å². The van der Waals surface area contributed by atoms with Crippen LogP contribution in [0, 0.1) is 12.7 Å². The lowest BCUT2D eigenvalue weighted by molar-refractivity contribution is 0.300. The Hall–Kier alpha value is -1.46. The zero-order chi connectivity index (χ0) is 13.1. The molecule has 0 aliphatic carbocycles. The predicted octanol–water partition coefficient (Wildman–Crippen LogP) is 2.80. The second-order valence-corrected chi connectivity index (χ2v) is 4.93. The SMILES string of the molecule is COc1ccc(F)cc1-c1nc(C)c(CCO)s1. The minimum atomic E-state index is -0.317. The van der Waals surface area contributed by atoms with E-state index in [1.165, 1.54) is 23.5 Å². The molecule has 1 heterocycles. The Morgan fingerprint density at radius 3 is 2.89 bits per heavy atom. The summed E-state index contributed by atoms with van der Waals surface area (Å²) in [5, 5.41) is 9.68. The fourth-order valence-electron chi connectivity index (χ4n) is 1.72. The van der Waals surface area contributed by atoms with Gasteiger partial charge >= 0.3 is 0 Å². The number of aliphatic hydroxyl groups excluding tert-OH is 1. The Bertz CT molecular complexity index is 554. The number of benzene rings is 1. The van der Waals surface area contributed by atoms with Crippen LogP contribution in [-0.2, 0) is 6.42 Å². The number of aryl methyl sites for hydroxylation is 1. The number of rotatable bonds is 4. The quantitative estimate of drug-likeness (QED) is 0.926. The van der Waals surface area contributed by atoms with E-state index in [0.29, 0.717) is 22.7 Å². The summed E-state index contributed by atoms with van der Waals surface area (Å²) in [6.45, 7) is 1.97. The van der Waals surface area contributed by atoms with Crippen LogP contribution in [0.3, 0.4) is 0 Å². The van der Waals surface area contributed by atoms with Crippen molar-refractivity contribution in [1.82, 2.24) is 4.98 Å². The fourth-order valence-corrected chi connectivity index (χ4v) is 2.80. The fraction of sp³-hybridized carbons (Fsp3) is 0.308. The lowest BCUT2D eigenvalue weighted by atomic mass is 10.2. The molecule has 0 spiro atoms. The molecule has 3 nitrogen and oxygen atoms in total. The maximum atomic E-state index is 13.3. The van der Waals surface area contributed by atoms with E-state index in [2.05, 4.69) is 4.98 Å². The van der Waals surface area contributed by atoms with E-state index in [4.69, 9.17) is 9.84 Å². The number of hydrogen-bond donors (Lipinski definition) is 1. The molecule has 0 saturated carbocycles. The molecule has 0 amide bonds. The molecule has 0 fully saturated rings. The molecule has 0 radical (unpaired) electrons. The second kappa shape index (κ2) is 5.46. The summed E-state index contributed by atoms with van der Waals surface area (Å²) >= 11 is 1.46. The lowest BCUT2D eigenvalue weighted by Gasteiger charge is -2.05. The third kappa shape index (κ3) is 2.52.